The fourth-order valence-corrected chi connectivity index (χ4v) is 1.48. The predicted molar refractivity (Wildman–Crippen MR) is 61.4 cm³/mol. The second-order valence-corrected chi connectivity index (χ2v) is 3.74. The summed E-state index contributed by atoms with van der Waals surface area (Å²) < 4.78 is 0. The molecule has 1 rings (SSSR count). The summed E-state index contributed by atoms with van der Waals surface area (Å²) in [6.07, 6.45) is 1.02. The van der Waals surface area contributed by atoms with Gasteiger partial charge in [0, 0.05) is 13.0 Å². The number of carbonyl (C=O) groups is 1. The van der Waals surface area contributed by atoms with Crippen molar-refractivity contribution in [2.75, 3.05) is 6.54 Å². The summed E-state index contributed by atoms with van der Waals surface area (Å²) in [7, 11) is 0. The molecule has 0 radical (unpaired) electrons. The van der Waals surface area contributed by atoms with E-state index in [1.807, 2.05) is 6.07 Å². The van der Waals surface area contributed by atoms with Crippen molar-refractivity contribution in [3.05, 3.63) is 28.0 Å². The molecule has 0 unspecified atom stereocenters. The van der Waals surface area contributed by atoms with Gasteiger partial charge in [0.25, 0.3) is 5.91 Å². The zero-order valence-electron chi connectivity index (χ0n) is 8.33. The van der Waals surface area contributed by atoms with E-state index in [0.29, 0.717) is 19.4 Å². The maximum atomic E-state index is 11.6. The molecule has 16 heavy (non-hydrogen) atoms. The van der Waals surface area contributed by atoms with Gasteiger partial charge >= 0.3 is 0 Å². The van der Waals surface area contributed by atoms with E-state index in [9.17, 15) is 4.79 Å². The van der Waals surface area contributed by atoms with Crippen LogP contribution in [-0.4, -0.2) is 17.4 Å². The molecule has 0 fully saturated rings. The highest BCUT2D eigenvalue weighted by Crippen LogP contribution is 2.16. The highest BCUT2D eigenvalue weighted by molar-refractivity contribution is 6.34. The Morgan fingerprint density at radius 1 is 1.50 bits per heavy atom. The van der Waals surface area contributed by atoms with Crippen molar-refractivity contribution < 1.29 is 4.79 Å². The number of nitrogens with zero attached hydrogens (tertiary/aromatic N) is 2. The zero-order chi connectivity index (χ0) is 12.0. The Kier molecular flexibility index (Phi) is 5.03. The van der Waals surface area contributed by atoms with Crippen molar-refractivity contribution in [3.63, 3.8) is 0 Å². The van der Waals surface area contributed by atoms with Crippen molar-refractivity contribution in [1.82, 2.24) is 10.3 Å². The summed E-state index contributed by atoms with van der Waals surface area (Å²) in [5, 5.41) is 11.3. The van der Waals surface area contributed by atoms with Gasteiger partial charge < -0.3 is 5.32 Å². The number of hydrogen-bond acceptors (Lipinski definition) is 3. The van der Waals surface area contributed by atoms with E-state index in [-0.39, 0.29) is 21.8 Å². The van der Waals surface area contributed by atoms with Crippen molar-refractivity contribution in [1.29, 1.82) is 5.26 Å². The number of rotatable bonds is 4. The Labute approximate surface area is 103 Å². The third kappa shape index (κ3) is 3.69. The number of pyridine rings is 1. The minimum Gasteiger partial charge on any atom is -0.352 e. The number of aromatic nitrogens is 1. The van der Waals surface area contributed by atoms with Gasteiger partial charge in [-0.3, -0.25) is 4.79 Å². The molecule has 1 N–H and O–H groups in total. The number of hydrogen-bond donors (Lipinski definition) is 1. The van der Waals surface area contributed by atoms with Crippen LogP contribution in [0.2, 0.25) is 10.3 Å². The molecule has 0 spiro atoms. The fraction of sp³-hybridized carbons (Fsp3) is 0.300. The Hall–Kier alpha value is -1.31. The summed E-state index contributed by atoms with van der Waals surface area (Å²) in [4.78, 5) is 15.3. The lowest BCUT2D eigenvalue weighted by atomic mass is 10.2. The topological polar surface area (TPSA) is 65.8 Å². The SMILES string of the molecule is N#CCCCNC(=O)c1ccc(Cl)nc1Cl. The first-order valence-electron chi connectivity index (χ1n) is 4.62. The average molecular weight is 258 g/mol. The molecule has 0 aliphatic carbocycles. The van der Waals surface area contributed by atoms with Gasteiger partial charge in [-0.25, -0.2) is 4.98 Å². The number of halogens is 2. The van der Waals surface area contributed by atoms with Crippen LogP contribution in [0.25, 0.3) is 0 Å². The van der Waals surface area contributed by atoms with Gasteiger partial charge in [-0.1, -0.05) is 23.2 Å². The predicted octanol–water partition coefficient (Wildman–Crippen LogP) is 2.42. The molecule has 1 amide bonds. The molecular weight excluding hydrogens is 249 g/mol. The molecule has 0 saturated carbocycles. The Balaban J connectivity index is 2.57. The van der Waals surface area contributed by atoms with Gasteiger partial charge in [0.15, 0.2) is 0 Å². The van der Waals surface area contributed by atoms with Crippen LogP contribution in [0.4, 0.5) is 0 Å². The van der Waals surface area contributed by atoms with Crippen LogP contribution in [-0.2, 0) is 0 Å². The largest absolute Gasteiger partial charge is 0.352 e. The number of nitrogens with one attached hydrogen (secondary N) is 1. The third-order valence-corrected chi connectivity index (χ3v) is 2.31. The summed E-state index contributed by atoms with van der Waals surface area (Å²) >= 11 is 11.4. The molecule has 0 aliphatic heterocycles. The van der Waals surface area contributed by atoms with Crippen LogP contribution in [0.5, 0.6) is 0 Å². The molecule has 0 saturated heterocycles. The van der Waals surface area contributed by atoms with Crippen LogP contribution in [0, 0.1) is 11.3 Å². The Morgan fingerprint density at radius 3 is 2.88 bits per heavy atom. The van der Waals surface area contributed by atoms with Gasteiger partial charge in [-0.05, 0) is 18.6 Å². The first kappa shape index (κ1) is 12.8. The van der Waals surface area contributed by atoms with Crippen molar-refractivity contribution in [3.8, 4) is 6.07 Å². The van der Waals surface area contributed by atoms with Crippen molar-refractivity contribution in [2.45, 2.75) is 12.8 Å². The van der Waals surface area contributed by atoms with Crippen LogP contribution < -0.4 is 5.32 Å². The van der Waals surface area contributed by atoms with E-state index < -0.39 is 0 Å². The smallest absolute Gasteiger partial charge is 0.254 e. The molecule has 0 atom stereocenters. The van der Waals surface area contributed by atoms with E-state index in [1.165, 1.54) is 12.1 Å². The summed E-state index contributed by atoms with van der Waals surface area (Å²) in [5.74, 6) is -0.313. The van der Waals surface area contributed by atoms with Gasteiger partial charge in [-0.15, -0.1) is 0 Å². The van der Waals surface area contributed by atoms with E-state index in [1.54, 1.807) is 0 Å². The number of unbranched alkanes of at least 4 members (excludes halogenated alkanes) is 1. The first-order valence-corrected chi connectivity index (χ1v) is 5.38. The van der Waals surface area contributed by atoms with Crippen LogP contribution in [0.3, 0.4) is 0 Å². The standard InChI is InChI=1S/C10H9Cl2N3O/c11-8-4-3-7(9(12)15-8)10(16)14-6-2-1-5-13/h3-4H,1-2,6H2,(H,14,16). The highest BCUT2D eigenvalue weighted by atomic mass is 35.5. The van der Waals surface area contributed by atoms with Gasteiger partial charge in [0.05, 0.1) is 11.6 Å². The number of amides is 1. The van der Waals surface area contributed by atoms with Crippen LogP contribution in [0.15, 0.2) is 12.1 Å². The van der Waals surface area contributed by atoms with E-state index in [0.717, 1.165) is 0 Å². The molecule has 1 heterocycles. The molecule has 1 aromatic heterocycles. The van der Waals surface area contributed by atoms with Gasteiger partial charge in [0.1, 0.15) is 10.3 Å². The van der Waals surface area contributed by atoms with E-state index in [4.69, 9.17) is 28.5 Å². The molecule has 6 heteroatoms. The minimum absolute atomic E-state index is 0.0743. The molecule has 4 nitrogen and oxygen atoms in total. The number of nitriles is 1. The molecule has 1 aromatic rings. The van der Waals surface area contributed by atoms with E-state index >= 15 is 0 Å². The fourth-order valence-electron chi connectivity index (χ4n) is 1.05. The first-order chi connectivity index (χ1) is 7.65. The van der Waals surface area contributed by atoms with Crippen LogP contribution >= 0.6 is 23.2 Å². The third-order valence-electron chi connectivity index (χ3n) is 1.81. The van der Waals surface area contributed by atoms with Crippen molar-refractivity contribution in [2.24, 2.45) is 0 Å². The zero-order valence-corrected chi connectivity index (χ0v) is 9.85. The summed E-state index contributed by atoms with van der Waals surface area (Å²) in [6.45, 7) is 0.436. The average Bonchev–Trinajstić information content (AvgIpc) is 2.24. The minimum atomic E-state index is -0.313. The summed E-state index contributed by atoms with van der Waals surface area (Å²) in [5.41, 5.74) is 0.281. The maximum absolute atomic E-state index is 11.6. The lowest BCUT2D eigenvalue weighted by Crippen LogP contribution is -2.24. The van der Waals surface area contributed by atoms with Gasteiger partial charge in [-0.2, -0.15) is 5.26 Å². The molecular formula is C10H9Cl2N3O. The lowest BCUT2D eigenvalue weighted by Gasteiger charge is -2.05. The molecule has 84 valence electrons. The molecule has 0 aliphatic rings. The molecule has 0 aromatic carbocycles. The lowest BCUT2D eigenvalue weighted by molar-refractivity contribution is 0.0953. The van der Waals surface area contributed by atoms with Gasteiger partial charge in [0.2, 0.25) is 0 Å². The van der Waals surface area contributed by atoms with Crippen LogP contribution in [0.1, 0.15) is 23.2 Å². The monoisotopic (exact) mass is 257 g/mol. The van der Waals surface area contributed by atoms with Crippen molar-refractivity contribution >= 4 is 29.1 Å². The molecule has 0 bridgehead atoms. The maximum Gasteiger partial charge on any atom is 0.254 e. The quantitative estimate of drug-likeness (QED) is 0.666. The Bertz CT molecular complexity index is 429. The normalized spacial score (nSPS) is 9.56. The second kappa shape index (κ2) is 6.31. The Morgan fingerprint density at radius 2 is 2.25 bits per heavy atom. The van der Waals surface area contributed by atoms with E-state index in [2.05, 4.69) is 10.3 Å². The number of carbonyl (C=O) groups excluding carboxylic acids is 1. The second-order valence-electron chi connectivity index (χ2n) is 2.99. The highest BCUT2D eigenvalue weighted by Gasteiger charge is 2.10. The summed E-state index contributed by atoms with van der Waals surface area (Å²) in [6, 6.07) is 5.00.